The maximum absolute atomic E-state index is 11.4. The number of carbonyl (C=O) groups is 2. The maximum atomic E-state index is 11.4. The van der Waals surface area contributed by atoms with Gasteiger partial charge in [0.25, 0.3) is 0 Å². The molecule has 0 aromatic carbocycles. The minimum Gasteiger partial charge on any atom is -0.464 e. The second kappa shape index (κ2) is 5.71. The third-order valence-electron chi connectivity index (χ3n) is 1.45. The number of rotatable bonds is 4. The number of hydrogen-bond acceptors (Lipinski definition) is 4. The molecule has 6 heteroatoms. The molecule has 0 bridgehead atoms. The zero-order valence-electron chi connectivity index (χ0n) is 9.36. The standard InChI is InChI=1S/C9H16NO4P/c1-7(11)10-8(9(12)14-2)5-6-15(3,4)13/h5H,6H2,1-4H3,(H,10,11)/b8-5-. The summed E-state index contributed by atoms with van der Waals surface area (Å²) in [6.45, 7) is 4.49. The van der Waals surface area contributed by atoms with Crippen molar-refractivity contribution in [3.8, 4) is 0 Å². The first-order chi connectivity index (χ1) is 6.76. The van der Waals surface area contributed by atoms with E-state index in [2.05, 4.69) is 10.1 Å². The Morgan fingerprint density at radius 2 is 1.93 bits per heavy atom. The van der Waals surface area contributed by atoms with Gasteiger partial charge in [0, 0.05) is 13.1 Å². The molecule has 15 heavy (non-hydrogen) atoms. The highest BCUT2D eigenvalue weighted by Crippen LogP contribution is 2.35. The topological polar surface area (TPSA) is 72.5 Å². The average molecular weight is 233 g/mol. The Kier molecular flexibility index (Phi) is 5.29. The van der Waals surface area contributed by atoms with Crippen LogP contribution in [0.1, 0.15) is 6.92 Å². The first-order valence-electron chi connectivity index (χ1n) is 4.36. The first kappa shape index (κ1) is 13.9. The van der Waals surface area contributed by atoms with E-state index in [0.29, 0.717) is 0 Å². The number of ether oxygens (including phenoxy) is 1. The molecule has 0 aromatic heterocycles. The summed E-state index contributed by atoms with van der Waals surface area (Å²) in [4.78, 5) is 21.9. The number of esters is 1. The van der Waals surface area contributed by atoms with Crippen LogP contribution in [0, 0.1) is 0 Å². The van der Waals surface area contributed by atoms with E-state index in [4.69, 9.17) is 0 Å². The van der Waals surface area contributed by atoms with E-state index in [0.717, 1.165) is 0 Å². The third kappa shape index (κ3) is 6.91. The van der Waals surface area contributed by atoms with Gasteiger partial charge < -0.3 is 14.6 Å². The maximum Gasteiger partial charge on any atom is 0.354 e. The summed E-state index contributed by atoms with van der Waals surface area (Å²) in [6, 6.07) is 0. The van der Waals surface area contributed by atoms with Gasteiger partial charge in [-0.1, -0.05) is 0 Å². The quantitative estimate of drug-likeness (QED) is 0.443. The highest BCUT2D eigenvalue weighted by molar-refractivity contribution is 7.62. The lowest BCUT2D eigenvalue weighted by atomic mass is 10.4. The van der Waals surface area contributed by atoms with Crippen LogP contribution in [-0.4, -0.2) is 38.5 Å². The van der Waals surface area contributed by atoms with Crippen LogP contribution in [0.25, 0.3) is 0 Å². The number of carbonyl (C=O) groups excluding carboxylic acids is 2. The number of nitrogens with one attached hydrogen (secondary N) is 1. The molecule has 0 rings (SSSR count). The first-order valence-corrected chi connectivity index (χ1v) is 7.15. The molecule has 0 atom stereocenters. The normalized spacial score (nSPS) is 12.1. The van der Waals surface area contributed by atoms with Crippen molar-refractivity contribution in [2.75, 3.05) is 26.6 Å². The zero-order chi connectivity index (χ0) is 12.1. The summed E-state index contributed by atoms with van der Waals surface area (Å²) < 4.78 is 15.9. The molecule has 0 unspecified atom stereocenters. The Morgan fingerprint density at radius 1 is 1.40 bits per heavy atom. The molecule has 0 radical (unpaired) electrons. The molecule has 0 heterocycles. The van der Waals surface area contributed by atoms with Crippen molar-refractivity contribution in [1.29, 1.82) is 0 Å². The van der Waals surface area contributed by atoms with E-state index < -0.39 is 13.1 Å². The largest absolute Gasteiger partial charge is 0.464 e. The van der Waals surface area contributed by atoms with E-state index in [9.17, 15) is 14.2 Å². The number of hydrogen-bond donors (Lipinski definition) is 1. The van der Waals surface area contributed by atoms with Gasteiger partial charge in [0.15, 0.2) is 0 Å². The van der Waals surface area contributed by atoms with Gasteiger partial charge in [-0.3, -0.25) is 4.79 Å². The fourth-order valence-electron chi connectivity index (χ4n) is 0.796. The van der Waals surface area contributed by atoms with Crippen molar-refractivity contribution < 1.29 is 18.9 Å². The SMILES string of the molecule is COC(=O)/C(=C/CP(C)(C)=O)NC(C)=O. The van der Waals surface area contributed by atoms with Crippen molar-refractivity contribution in [1.82, 2.24) is 5.32 Å². The van der Waals surface area contributed by atoms with Crippen LogP contribution in [0.2, 0.25) is 0 Å². The predicted octanol–water partition coefficient (Wildman–Crippen LogP) is 0.802. The molecule has 0 saturated heterocycles. The van der Waals surface area contributed by atoms with E-state index in [-0.39, 0.29) is 17.8 Å². The Balaban J connectivity index is 4.70. The molecule has 0 aliphatic heterocycles. The Hall–Kier alpha value is -1.09. The van der Waals surface area contributed by atoms with Crippen LogP contribution in [0.15, 0.2) is 11.8 Å². The van der Waals surface area contributed by atoms with Crippen molar-refractivity contribution in [3.05, 3.63) is 11.8 Å². The van der Waals surface area contributed by atoms with E-state index >= 15 is 0 Å². The molecule has 5 nitrogen and oxygen atoms in total. The van der Waals surface area contributed by atoms with Gasteiger partial charge >= 0.3 is 5.97 Å². The van der Waals surface area contributed by atoms with Crippen LogP contribution in [0.4, 0.5) is 0 Å². The molecule has 0 spiro atoms. The summed E-state index contributed by atoms with van der Waals surface area (Å²) >= 11 is 0. The van der Waals surface area contributed by atoms with Gasteiger partial charge in [-0.2, -0.15) is 0 Å². The molecule has 0 aromatic rings. The van der Waals surface area contributed by atoms with Gasteiger partial charge in [0.05, 0.1) is 14.3 Å². The van der Waals surface area contributed by atoms with Gasteiger partial charge in [0.2, 0.25) is 5.91 Å². The second-order valence-corrected chi connectivity index (χ2v) is 7.06. The van der Waals surface area contributed by atoms with Crippen LogP contribution in [0.5, 0.6) is 0 Å². The minimum absolute atomic E-state index is 0.0360. The van der Waals surface area contributed by atoms with Crippen molar-refractivity contribution >= 4 is 19.0 Å². The van der Waals surface area contributed by atoms with Gasteiger partial charge in [-0.25, -0.2) is 4.79 Å². The fraction of sp³-hybridized carbons (Fsp3) is 0.556. The molecule has 0 aliphatic rings. The smallest absolute Gasteiger partial charge is 0.354 e. The van der Waals surface area contributed by atoms with Crippen molar-refractivity contribution in [3.63, 3.8) is 0 Å². The lowest BCUT2D eigenvalue weighted by molar-refractivity contribution is -0.137. The highest BCUT2D eigenvalue weighted by atomic mass is 31.2. The molecule has 86 valence electrons. The van der Waals surface area contributed by atoms with E-state index in [1.54, 1.807) is 13.3 Å². The van der Waals surface area contributed by atoms with Gasteiger partial charge in [0.1, 0.15) is 5.70 Å². The average Bonchev–Trinajstić information content (AvgIpc) is 2.09. The Morgan fingerprint density at radius 3 is 2.27 bits per heavy atom. The fourth-order valence-corrected chi connectivity index (χ4v) is 1.42. The Labute approximate surface area is 89.2 Å². The van der Waals surface area contributed by atoms with Gasteiger partial charge in [-0.05, 0) is 19.4 Å². The van der Waals surface area contributed by atoms with Crippen molar-refractivity contribution in [2.45, 2.75) is 6.92 Å². The summed E-state index contributed by atoms with van der Waals surface area (Å²) in [7, 11) is -1.03. The second-order valence-electron chi connectivity index (χ2n) is 3.55. The summed E-state index contributed by atoms with van der Waals surface area (Å²) in [5.41, 5.74) is 0.0360. The minimum atomic E-state index is -2.25. The van der Waals surface area contributed by atoms with Crippen LogP contribution < -0.4 is 5.32 Å². The number of methoxy groups -OCH3 is 1. The summed E-state index contributed by atoms with van der Waals surface area (Å²) in [5.74, 6) is -1.01. The Bertz CT molecular complexity index is 329. The zero-order valence-corrected chi connectivity index (χ0v) is 10.3. The number of allylic oxidation sites excluding steroid dienone is 1. The molecule has 0 fully saturated rings. The predicted molar refractivity (Wildman–Crippen MR) is 58.2 cm³/mol. The lowest BCUT2D eigenvalue weighted by Gasteiger charge is -2.07. The molecule has 0 aliphatic carbocycles. The van der Waals surface area contributed by atoms with E-state index in [1.807, 2.05) is 0 Å². The molecular formula is C9H16NO4P. The summed E-state index contributed by atoms with van der Waals surface area (Å²) in [6.07, 6.45) is 1.67. The third-order valence-corrected chi connectivity index (χ3v) is 2.51. The molecule has 1 N–H and O–H groups in total. The molecule has 1 amide bonds. The van der Waals surface area contributed by atoms with Crippen molar-refractivity contribution in [2.24, 2.45) is 0 Å². The van der Waals surface area contributed by atoms with E-state index in [1.165, 1.54) is 20.1 Å². The van der Waals surface area contributed by atoms with Crippen LogP contribution in [-0.2, 0) is 18.9 Å². The van der Waals surface area contributed by atoms with Gasteiger partial charge in [-0.15, -0.1) is 0 Å². The van der Waals surface area contributed by atoms with Crippen LogP contribution >= 0.6 is 7.14 Å². The summed E-state index contributed by atoms with van der Waals surface area (Å²) in [5, 5.41) is 2.33. The molecular weight excluding hydrogens is 217 g/mol. The molecule has 0 saturated carbocycles. The lowest BCUT2D eigenvalue weighted by Crippen LogP contribution is -2.26. The van der Waals surface area contributed by atoms with Crippen LogP contribution in [0.3, 0.4) is 0 Å². The highest BCUT2D eigenvalue weighted by Gasteiger charge is 2.13. The monoisotopic (exact) mass is 233 g/mol. The number of amides is 1.